The molecule has 184 valence electrons. The van der Waals surface area contributed by atoms with Crippen molar-refractivity contribution in [1.29, 1.82) is 0 Å². The largest absolute Gasteiger partial charge is 0.473 e. The average Bonchev–Trinajstić information content (AvgIpc) is 3.37. The van der Waals surface area contributed by atoms with Crippen LogP contribution in [0.5, 0.6) is 5.88 Å². The van der Waals surface area contributed by atoms with E-state index in [-0.39, 0.29) is 28.8 Å². The van der Waals surface area contributed by atoms with Crippen molar-refractivity contribution in [2.24, 2.45) is 11.1 Å². The van der Waals surface area contributed by atoms with Gasteiger partial charge >= 0.3 is 6.18 Å². The Hall–Kier alpha value is -3.15. The normalized spacial score (nSPS) is 25.8. The molecule has 8 nitrogen and oxygen atoms in total. The number of pyridine rings is 1. The van der Waals surface area contributed by atoms with Gasteiger partial charge in [0.15, 0.2) is 10.6 Å². The number of alkyl halides is 3. The molecule has 3 aliphatic rings. The highest BCUT2D eigenvalue weighted by Crippen LogP contribution is 2.57. The molecule has 0 aromatic carbocycles. The number of hydrogen-bond acceptors (Lipinski definition) is 6. The molecule has 3 aromatic rings. The Morgan fingerprint density at radius 2 is 1.91 bits per heavy atom. The predicted octanol–water partition coefficient (Wildman–Crippen LogP) is 3.91. The maximum absolute atomic E-state index is 13.3. The fourth-order valence-electron chi connectivity index (χ4n) is 5.29. The van der Waals surface area contributed by atoms with Gasteiger partial charge in [-0.25, -0.2) is 9.97 Å². The van der Waals surface area contributed by atoms with Crippen LogP contribution in [0.15, 0.2) is 24.4 Å². The van der Waals surface area contributed by atoms with Gasteiger partial charge < -0.3 is 15.8 Å². The van der Waals surface area contributed by atoms with Crippen molar-refractivity contribution >= 4 is 28.7 Å². The van der Waals surface area contributed by atoms with Crippen molar-refractivity contribution in [2.75, 3.05) is 0 Å². The van der Waals surface area contributed by atoms with E-state index in [4.69, 9.17) is 10.5 Å². The number of nitrogens with one attached hydrogen (secondary N) is 1. The molecule has 3 fully saturated rings. The van der Waals surface area contributed by atoms with Crippen molar-refractivity contribution in [2.45, 2.75) is 62.8 Å². The van der Waals surface area contributed by atoms with E-state index in [1.165, 1.54) is 29.7 Å². The number of ether oxygens (including phenoxy) is 1. The summed E-state index contributed by atoms with van der Waals surface area (Å²) in [6, 6.07) is 4.34. The first-order valence-corrected chi connectivity index (χ1v) is 12.3. The van der Waals surface area contributed by atoms with Crippen molar-refractivity contribution in [3.05, 3.63) is 45.8 Å². The molecule has 0 bridgehead atoms. The molecule has 0 radical (unpaired) electrons. The number of halogens is 3. The lowest BCUT2D eigenvalue weighted by molar-refractivity contribution is -0.145. The van der Waals surface area contributed by atoms with Gasteiger partial charge in [-0.15, -0.1) is 11.3 Å². The van der Waals surface area contributed by atoms with Crippen LogP contribution in [0, 0.1) is 5.41 Å². The van der Waals surface area contributed by atoms with Crippen molar-refractivity contribution < 1.29 is 27.5 Å². The second-order valence-electron chi connectivity index (χ2n) is 9.79. The third-order valence-corrected chi connectivity index (χ3v) is 8.29. The van der Waals surface area contributed by atoms with Crippen LogP contribution in [-0.4, -0.2) is 38.3 Å². The van der Waals surface area contributed by atoms with E-state index in [0.29, 0.717) is 29.5 Å². The summed E-state index contributed by atoms with van der Waals surface area (Å²) in [5.41, 5.74) is 5.39. The van der Waals surface area contributed by atoms with Crippen LogP contribution >= 0.6 is 11.3 Å². The average molecular weight is 506 g/mol. The molecular weight excluding hydrogens is 483 g/mol. The number of fused-ring (bicyclic) bond motifs is 1. The van der Waals surface area contributed by atoms with Gasteiger partial charge in [-0.05, 0) is 56.1 Å². The molecule has 3 saturated carbocycles. The van der Waals surface area contributed by atoms with Gasteiger partial charge in [0, 0.05) is 18.2 Å². The molecule has 0 atom stereocenters. The number of thiazole rings is 1. The smallest absolute Gasteiger partial charge is 0.450 e. The Labute approximate surface area is 201 Å². The van der Waals surface area contributed by atoms with Gasteiger partial charge in [0.25, 0.3) is 11.8 Å². The molecule has 0 unspecified atom stereocenters. The fourth-order valence-corrected chi connectivity index (χ4v) is 6.31. The number of aromatic nitrogens is 3. The van der Waals surface area contributed by atoms with Crippen LogP contribution in [0.1, 0.15) is 75.4 Å². The third-order valence-electron chi connectivity index (χ3n) is 7.07. The van der Waals surface area contributed by atoms with Gasteiger partial charge in [0.2, 0.25) is 11.7 Å². The zero-order chi connectivity index (χ0) is 24.5. The molecule has 3 aromatic heterocycles. The number of carbonyl (C=O) groups is 2. The molecule has 2 amide bonds. The number of primary amides is 1. The van der Waals surface area contributed by atoms with Crippen LogP contribution in [0.3, 0.4) is 0 Å². The van der Waals surface area contributed by atoms with E-state index in [1.54, 1.807) is 6.07 Å². The van der Waals surface area contributed by atoms with E-state index in [9.17, 15) is 22.8 Å². The molecule has 0 aliphatic heterocycles. The van der Waals surface area contributed by atoms with Crippen molar-refractivity contribution in [3.8, 4) is 5.88 Å². The van der Waals surface area contributed by atoms with E-state index in [1.807, 2.05) is 0 Å². The highest BCUT2D eigenvalue weighted by atomic mass is 32.1. The van der Waals surface area contributed by atoms with Gasteiger partial charge in [-0.3, -0.25) is 14.0 Å². The molecule has 3 N–H and O–H groups in total. The lowest BCUT2D eigenvalue weighted by atomic mass is 9.53. The fraction of sp³-hybridized carbons (Fsp3) is 0.478. The van der Waals surface area contributed by atoms with E-state index in [0.717, 1.165) is 35.1 Å². The lowest BCUT2D eigenvalue weighted by Gasteiger charge is -2.57. The first-order chi connectivity index (χ1) is 16.6. The first-order valence-electron chi connectivity index (χ1n) is 11.4. The van der Waals surface area contributed by atoms with Crippen LogP contribution in [0.2, 0.25) is 0 Å². The molecular formula is C23H22F3N5O3S. The molecule has 3 heterocycles. The number of hydrogen-bond donors (Lipinski definition) is 2. The molecule has 12 heteroatoms. The van der Waals surface area contributed by atoms with Crippen LogP contribution < -0.4 is 15.8 Å². The summed E-state index contributed by atoms with van der Waals surface area (Å²) in [4.78, 5) is 33.0. The summed E-state index contributed by atoms with van der Waals surface area (Å²) < 4.78 is 46.9. The van der Waals surface area contributed by atoms with Gasteiger partial charge in [0.05, 0.1) is 5.52 Å². The number of rotatable bonds is 6. The summed E-state index contributed by atoms with van der Waals surface area (Å²) >= 11 is 1.31. The predicted molar refractivity (Wildman–Crippen MR) is 119 cm³/mol. The molecule has 0 saturated heterocycles. The topological polar surface area (TPSA) is 112 Å². The number of amides is 2. The summed E-state index contributed by atoms with van der Waals surface area (Å²) in [5.74, 6) is -1.55. The molecule has 35 heavy (non-hydrogen) atoms. The Bertz CT molecular complexity index is 1330. The summed E-state index contributed by atoms with van der Waals surface area (Å²) in [6.45, 7) is 0. The van der Waals surface area contributed by atoms with Gasteiger partial charge in [-0.2, -0.15) is 13.2 Å². The van der Waals surface area contributed by atoms with Gasteiger partial charge in [-0.1, -0.05) is 6.07 Å². The standard InChI is InChI=1S/C23H22F3N5O3S/c24-23(25,26)21-29-15(14-3-1-2-6-31(14)21)18(33)28-12-7-22(8-12)9-13(10-22)34-19-16(17(27)32)35-20(30-19)11-4-5-11/h1-3,6,11-13H,4-5,7-10H2,(H2,27,32)(H,28,33). The molecule has 3 aliphatic carbocycles. The summed E-state index contributed by atoms with van der Waals surface area (Å²) in [5, 5.41) is 3.73. The monoisotopic (exact) mass is 505 g/mol. The van der Waals surface area contributed by atoms with Crippen molar-refractivity contribution in [3.63, 3.8) is 0 Å². The minimum Gasteiger partial charge on any atom is -0.473 e. The first kappa shape index (κ1) is 22.3. The Morgan fingerprint density at radius 3 is 2.57 bits per heavy atom. The minimum absolute atomic E-state index is 0.0260. The number of imidazole rings is 1. The molecule has 6 rings (SSSR count). The molecule has 1 spiro atoms. The van der Waals surface area contributed by atoms with E-state index < -0.39 is 23.8 Å². The van der Waals surface area contributed by atoms with Crippen LogP contribution in [0.4, 0.5) is 13.2 Å². The Morgan fingerprint density at radius 1 is 1.17 bits per heavy atom. The van der Waals surface area contributed by atoms with Crippen LogP contribution in [0.25, 0.3) is 5.52 Å². The van der Waals surface area contributed by atoms with Crippen molar-refractivity contribution in [1.82, 2.24) is 19.7 Å². The zero-order valence-electron chi connectivity index (χ0n) is 18.5. The second kappa shape index (κ2) is 7.67. The number of nitrogens with two attached hydrogens (primary N) is 1. The second-order valence-corrected chi connectivity index (χ2v) is 10.8. The highest BCUT2D eigenvalue weighted by Gasteiger charge is 2.54. The van der Waals surface area contributed by atoms with Gasteiger partial charge in [0.1, 0.15) is 11.1 Å². The zero-order valence-corrected chi connectivity index (χ0v) is 19.3. The third kappa shape index (κ3) is 3.93. The number of carbonyl (C=O) groups excluding carboxylic acids is 2. The van der Waals surface area contributed by atoms with E-state index in [2.05, 4.69) is 15.3 Å². The maximum Gasteiger partial charge on any atom is 0.450 e. The maximum atomic E-state index is 13.3. The Balaban J connectivity index is 1.07. The quantitative estimate of drug-likeness (QED) is 0.528. The summed E-state index contributed by atoms with van der Waals surface area (Å²) in [7, 11) is 0. The lowest BCUT2D eigenvalue weighted by Crippen LogP contribution is -2.58. The Kier molecular flexibility index (Phi) is 4.89. The van der Waals surface area contributed by atoms with Crippen LogP contribution in [-0.2, 0) is 6.18 Å². The minimum atomic E-state index is -4.67. The number of nitrogens with zero attached hydrogens (tertiary/aromatic N) is 3. The summed E-state index contributed by atoms with van der Waals surface area (Å²) in [6.07, 6.45) is 1.58. The SMILES string of the molecule is NC(=O)c1sc(C2CC2)nc1OC1CC2(CC(NC(=O)c3nc(C(F)(F)F)n4ccccc34)C2)C1. The van der Waals surface area contributed by atoms with E-state index >= 15 is 0 Å². The highest BCUT2D eigenvalue weighted by molar-refractivity contribution is 7.14.